The van der Waals surface area contributed by atoms with Crippen LogP contribution >= 0.6 is 0 Å². The quantitative estimate of drug-likeness (QED) is 0.716. The maximum absolute atomic E-state index is 11.7. The van der Waals surface area contributed by atoms with Gasteiger partial charge in [-0.25, -0.2) is 0 Å². The lowest BCUT2D eigenvalue weighted by molar-refractivity contribution is -0.193. The van der Waals surface area contributed by atoms with Crippen molar-refractivity contribution in [1.82, 2.24) is 5.32 Å². The molecular formula is C14H19NO5. The third-order valence-electron chi connectivity index (χ3n) is 5.42. The lowest BCUT2D eigenvalue weighted by Crippen LogP contribution is -2.69. The molecule has 0 aromatic carbocycles. The van der Waals surface area contributed by atoms with Gasteiger partial charge in [0.05, 0.1) is 10.8 Å². The predicted molar refractivity (Wildman–Crippen MR) is 67.9 cm³/mol. The molecule has 0 aromatic rings. The molecule has 110 valence electrons. The van der Waals surface area contributed by atoms with Gasteiger partial charge in [0.25, 0.3) is 0 Å². The second-order valence-electron chi connectivity index (χ2n) is 7.14. The van der Waals surface area contributed by atoms with Gasteiger partial charge in [0.2, 0.25) is 5.91 Å². The molecule has 0 spiro atoms. The van der Waals surface area contributed by atoms with Gasteiger partial charge in [-0.15, -0.1) is 0 Å². The Morgan fingerprint density at radius 1 is 0.950 bits per heavy atom. The minimum absolute atomic E-state index is 0.0744. The molecule has 0 aromatic heterocycles. The lowest BCUT2D eigenvalue weighted by Gasteiger charge is -2.63. The number of carboxylic acids is 2. The van der Waals surface area contributed by atoms with E-state index >= 15 is 0 Å². The van der Waals surface area contributed by atoms with Crippen LogP contribution in [0.25, 0.3) is 0 Å². The van der Waals surface area contributed by atoms with Crippen LogP contribution in [0.4, 0.5) is 0 Å². The third-order valence-corrected chi connectivity index (χ3v) is 5.42. The van der Waals surface area contributed by atoms with Gasteiger partial charge >= 0.3 is 11.9 Å². The number of carboxylic acid groups (broad SMARTS) is 2. The van der Waals surface area contributed by atoms with E-state index < -0.39 is 28.3 Å². The number of amides is 1. The zero-order valence-corrected chi connectivity index (χ0v) is 11.4. The second kappa shape index (κ2) is 3.74. The van der Waals surface area contributed by atoms with Crippen LogP contribution in [0.5, 0.6) is 0 Å². The Morgan fingerprint density at radius 3 is 1.85 bits per heavy atom. The summed E-state index contributed by atoms with van der Waals surface area (Å²) < 4.78 is 0. The smallest absolute Gasteiger partial charge is 0.309 e. The SMILES string of the molecule is CC(=O)NC12CC3CC(C(=O)O)(C1)CC(C(=O)O)(C3)C2. The van der Waals surface area contributed by atoms with E-state index in [1.54, 1.807) is 0 Å². The fourth-order valence-corrected chi connectivity index (χ4v) is 5.43. The first-order valence-electron chi connectivity index (χ1n) is 6.97. The molecule has 0 radical (unpaired) electrons. The Kier molecular flexibility index (Phi) is 2.50. The standard InChI is InChI=1S/C14H19NO5/c1-8(16)15-14-4-9-2-12(6-14,10(17)18)5-13(3-9,7-14)11(19)20/h9H,2-7H2,1H3,(H,15,16)(H,17,18)(H,19,20). The highest BCUT2D eigenvalue weighted by Gasteiger charge is 2.68. The van der Waals surface area contributed by atoms with Gasteiger partial charge in [-0.05, 0) is 44.4 Å². The number of rotatable bonds is 3. The van der Waals surface area contributed by atoms with Crippen molar-refractivity contribution in [3.63, 3.8) is 0 Å². The van der Waals surface area contributed by atoms with E-state index in [-0.39, 0.29) is 18.2 Å². The van der Waals surface area contributed by atoms with Crippen LogP contribution in [0.3, 0.4) is 0 Å². The van der Waals surface area contributed by atoms with Crippen molar-refractivity contribution < 1.29 is 24.6 Å². The Balaban J connectivity index is 2.06. The van der Waals surface area contributed by atoms with Gasteiger partial charge in [0.1, 0.15) is 0 Å². The van der Waals surface area contributed by atoms with Crippen LogP contribution in [0, 0.1) is 16.7 Å². The summed E-state index contributed by atoms with van der Waals surface area (Å²) in [7, 11) is 0. The fourth-order valence-electron chi connectivity index (χ4n) is 5.43. The highest BCUT2D eigenvalue weighted by Crippen LogP contribution is 2.66. The normalized spacial score (nSPS) is 45.1. The molecule has 3 N–H and O–H groups in total. The van der Waals surface area contributed by atoms with Crippen molar-refractivity contribution in [3.8, 4) is 0 Å². The zero-order chi connectivity index (χ0) is 14.8. The Hall–Kier alpha value is -1.59. The van der Waals surface area contributed by atoms with Crippen LogP contribution in [0.15, 0.2) is 0 Å². The number of aliphatic carboxylic acids is 2. The molecule has 4 rings (SSSR count). The highest BCUT2D eigenvalue weighted by molar-refractivity contribution is 5.82. The number of carbonyl (C=O) groups excluding carboxylic acids is 1. The van der Waals surface area contributed by atoms with Gasteiger partial charge in [-0.1, -0.05) is 0 Å². The van der Waals surface area contributed by atoms with E-state index in [0.29, 0.717) is 32.1 Å². The van der Waals surface area contributed by atoms with Gasteiger partial charge in [-0.2, -0.15) is 0 Å². The van der Waals surface area contributed by atoms with Crippen molar-refractivity contribution in [2.45, 2.75) is 51.0 Å². The number of carbonyl (C=O) groups is 3. The van der Waals surface area contributed by atoms with Gasteiger partial charge in [0.15, 0.2) is 0 Å². The van der Waals surface area contributed by atoms with Crippen LogP contribution in [0.1, 0.15) is 45.4 Å². The molecule has 4 fully saturated rings. The lowest BCUT2D eigenvalue weighted by atomic mass is 9.41. The van der Waals surface area contributed by atoms with E-state index in [1.807, 2.05) is 0 Å². The molecule has 4 aliphatic rings. The van der Waals surface area contributed by atoms with Crippen LogP contribution in [0.2, 0.25) is 0 Å². The summed E-state index contributed by atoms with van der Waals surface area (Å²) in [4.78, 5) is 35.0. The van der Waals surface area contributed by atoms with Crippen LogP contribution < -0.4 is 5.32 Å². The first kappa shape index (κ1) is 13.4. The molecule has 0 aliphatic heterocycles. The van der Waals surface area contributed by atoms with E-state index in [9.17, 15) is 24.6 Å². The van der Waals surface area contributed by atoms with Gasteiger partial charge in [-0.3, -0.25) is 14.4 Å². The summed E-state index contributed by atoms with van der Waals surface area (Å²) >= 11 is 0. The summed E-state index contributed by atoms with van der Waals surface area (Å²) in [6.07, 6.45) is 2.71. The Morgan fingerprint density at radius 2 is 1.45 bits per heavy atom. The maximum atomic E-state index is 11.7. The monoisotopic (exact) mass is 281 g/mol. The van der Waals surface area contributed by atoms with Crippen molar-refractivity contribution >= 4 is 17.8 Å². The molecule has 6 heteroatoms. The predicted octanol–water partition coefficient (Wildman–Crippen LogP) is 1.00. The number of hydrogen-bond donors (Lipinski definition) is 3. The number of nitrogens with one attached hydrogen (secondary N) is 1. The van der Waals surface area contributed by atoms with Crippen molar-refractivity contribution in [1.29, 1.82) is 0 Å². The van der Waals surface area contributed by atoms with Crippen LogP contribution in [-0.4, -0.2) is 33.6 Å². The van der Waals surface area contributed by atoms with Crippen LogP contribution in [-0.2, 0) is 14.4 Å². The van der Waals surface area contributed by atoms with Crippen molar-refractivity contribution in [2.24, 2.45) is 16.7 Å². The minimum atomic E-state index is -0.986. The first-order valence-corrected chi connectivity index (χ1v) is 6.97. The molecule has 20 heavy (non-hydrogen) atoms. The molecule has 4 aliphatic carbocycles. The average Bonchev–Trinajstić information content (AvgIpc) is 2.24. The molecule has 0 saturated heterocycles. The largest absolute Gasteiger partial charge is 0.481 e. The highest BCUT2D eigenvalue weighted by atomic mass is 16.4. The summed E-state index contributed by atoms with van der Waals surface area (Å²) in [5.41, 5.74) is -2.62. The van der Waals surface area contributed by atoms with E-state index in [4.69, 9.17) is 0 Å². The minimum Gasteiger partial charge on any atom is -0.481 e. The van der Waals surface area contributed by atoms with E-state index in [0.717, 1.165) is 0 Å². The molecule has 2 atom stereocenters. The topological polar surface area (TPSA) is 104 Å². The molecule has 0 heterocycles. The molecule has 4 bridgehead atoms. The average molecular weight is 281 g/mol. The molecule has 6 nitrogen and oxygen atoms in total. The van der Waals surface area contributed by atoms with Gasteiger partial charge < -0.3 is 15.5 Å². The van der Waals surface area contributed by atoms with E-state index in [1.165, 1.54) is 6.92 Å². The Bertz CT molecular complexity index is 484. The molecule has 1 amide bonds. The molecular weight excluding hydrogens is 262 g/mol. The zero-order valence-electron chi connectivity index (χ0n) is 11.4. The Labute approximate surface area is 116 Å². The first-order chi connectivity index (χ1) is 9.21. The number of hydrogen-bond acceptors (Lipinski definition) is 3. The maximum Gasteiger partial charge on any atom is 0.309 e. The summed E-state index contributed by atoms with van der Waals surface area (Å²) in [5.74, 6) is -1.97. The molecule has 2 unspecified atom stereocenters. The fraction of sp³-hybridized carbons (Fsp3) is 0.786. The second-order valence-corrected chi connectivity index (χ2v) is 7.14. The van der Waals surface area contributed by atoms with Gasteiger partial charge in [0, 0.05) is 12.5 Å². The summed E-state index contributed by atoms with van der Waals surface area (Å²) in [6.45, 7) is 1.40. The molecule has 4 saturated carbocycles. The van der Waals surface area contributed by atoms with Crippen molar-refractivity contribution in [2.75, 3.05) is 0 Å². The third kappa shape index (κ3) is 1.66. The van der Waals surface area contributed by atoms with Crippen molar-refractivity contribution in [3.05, 3.63) is 0 Å². The summed E-state index contributed by atoms with van der Waals surface area (Å²) in [6, 6.07) is 0. The summed E-state index contributed by atoms with van der Waals surface area (Å²) in [5, 5.41) is 22.1. The van der Waals surface area contributed by atoms with E-state index in [2.05, 4.69) is 5.32 Å².